The lowest BCUT2D eigenvalue weighted by atomic mass is 10.0. The van der Waals surface area contributed by atoms with Crippen molar-refractivity contribution in [2.45, 2.75) is 31.2 Å². The molecule has 4 rings (SSSR count). The van der Waals surface area contributed by atoms with Crippen molar-refractivity contribution < 1.29 is 9.18 Å². The van der Waals surface area contributed by atoms with Gasteiger partial charge in [-0.1, -0.05) is 18.2 Å². The highest BCUT2D eigenvalue weighted by molar-refractivity contribution is 5.83. The Balaban J connectivity index is 1.43. The summed E-state index contributed by atoms with van der Waals surface area (Å²) in [6.07, 6.45) is 5.96. The molecule has 3 atom stereocenters. The van der Waals surface area contributed by atoms with Gasteiger partial charge in [-0.2, -0.15) is 5.10 Å². The van der Waals surface area contributed by atoms with Gasteiger partial charge >= 0.3 is 0 Å². The molecule has 120 valence electrons. The third kappa shape index (κ3) is 2.73. The Morgan fingerprint density at radius 2 is 2.17 bits per heavy atom. The number of rotatable bonds is 3. The summed E-state index contributed by atoms with van der Waals surface area (Å²) in [4.78, 5) is 18.6. The van der Waals surface area contributed by atoms with Gasteiger partial charge in [0.1, 0.15) is 18.5 Å². The van der Waals surface area contributed by atoms with Crippen molar-refractivity contribution in [2.75, 3.05) is 13.1 Å². The zero-order valence-electron chi connectivity index (χ0n) is 12.8. The van der Waals surface area contributed by atoms with Crippen LogP contribution in [0.3, 0.4) is 0 Å². The number of amides is 1. The molecule has 1 amide bonds. The summed E-state index contributed by atoms with van der Waals surface area (Å²) in [5, 5.41) is 4.19. The lowest BCUT2D eigenvalue weighted by Crippen LogP contribution is -2.41. The molecule has 1 aliphatic carbocycles. The summed E-state index contributed by atoms with van der Waals surface area (Å²) in [7, 11) is 0. The van der Waals surface area contributed by atoms with E-state index in [1.165, 1.54) is 12.4 Å². The van der Waals surface area contributed by atoms with Crippen LogP contribution in [0.15, 0.2) is 36.9 Å². The molecule has 5 nitrogen and oxygen atoms in total. The van der Waals surface area contributed by atoms with Crippen LogP contribution >= 0.6 is 0 Å². The summed E-state index contributed by atoms with van der Waals surface area (Å²) in [5.41, 5.74) is 0.677. The maximum atomic E-state index is 13.9. The van der Waals surface area contributed by atoms with Gasteiger partial charge in [-0.05, 0) is 36.8 Å². The number of hydrogen-bond acceptors (Lipinski definition) is 3. The number of halogens is 1. The molecule has 1 saturated carbocycles. The van der Waals surface area contributed by atoms with E-state index in [4.69, 9.17) is 0 Å². The quantitative estimate of drug-likeness (QED) is 0.874. The van der Waals surface area contributed by atoms with E-state index in [9.17, 15) is 9.18 Å². The molecule has 2 heterocycles. The normalized spacial score (nSPS) is 27.0. The van der Waals surface area contributed by atoms with Gasteiger partial charge in [0.05, 0.1) is 6.04 Å². The fraction of sp³-hybridized carbons (Fsp3) is 0.471. The fourth-order valence-corrected chi connectivity index (χ4v) is 3.60. The third-order valence-corrected chi connectivity index (χ3v) is 4.93. The van der Waals surface area contributed by atoms with Gasteiger partial charge in [-0.15, -0.1) is 0 Å². The van der Waals surface area contributed by atoms with E-state index >= 15 is 0 Å². The topological polar surface area (TPSA) is 51.0 Å². The maximum absolute atomic E-state index is 13.9. The fourth-order valence-electron chi connectivity index (χ4n) is 3.60. The highest BCUT2D eigenvalue weighted by Gasteiger charge is 2.47. The monoisotopic (exact) mass is 314 g/mol. The van der Waals surface area contributed by atoms with Crippen molar-refractivity contribution in [1.29, 1.82) is 0 Å². The molecule has 1 saturated heterocycles. The molecule has 2 fully saturated rings. The summed E-state index contributed by atoms with van der Waals surface area (Å²) in [5.74, 6) is -0.0770. The Labute approximate surface area is 134 Å². The first kappa shape index (κ1) is 14.4. The Morgan fingerprint density at radius 1 is 1.30 bits per heavy atom. The van der Waals surface area contributed by atoms with Gasteiger partial charge in [-0.3, -0.25) is 4.79 Å². The minimum absolute atomic E-state index is 0.0375. The number of nitrogens with zero attached hydrogens (tertiary/aromatic N) is 4. The summed E-state index contributed by atoms with van der Waals surface area (Å²) in [6, 6.07) is 6.98. The van der Waals surface area contributed by atoms with Crippen LogP contribution in [0.25, 0.3) is 0 Å². The predicted octanol–water partition coefficient (Wildman–Crippen LogP) is 2.38. The highest BCUT2D eigenvalue weighted by Crippen LogP contribution is 2.49. The van der Waals surface area contributed by atoms with Crippen LogP contribution in [-0.2, 0) is 4.79 Å². The Kier molecular flexibility index (Phi) is 3.59. The maximum Gasteiger partial charge on any atom is 0.226 e. The third-order valence-electron chi connectivity index (χ3n) is 4.93. The second-order valence-electron chi connectivity index (χ2n) is 6.43. The minimum atomic E-state index is -0.202. The van der Waals surface area contributed by atoms with Crippen molar-refractivity contribution in [1.82, 2.24) is 19.7 Å². The van der Waals surface area contributed by atoms with Crippen molar-refractivity contribution in [3.05, 3.63) is 48.3 Å². The molecule has 2 aromatic rings. The molecule has 6 heteroatoms. The van der Waals surface area contributed by atoms with Crippen molar-refractivity contribution in [3.63, 3.8) is 0 Å². The van der Waals surface area contributed by atoms with Crippen molar-refractivity contribution in [3.8, 4) is 0 Å². The van der Waals surface area contributed by atoms with E-state index in [-0.39, 0.29) is 29.6 Å². The molecular formula is C17H19FN4O. The summed E-state index contributed by atoms with van der Waals surface area (Å²) in [6.45, 7) is 1.45. The van der Waals surface area contributed by atoms with Crippen LogP contribution in [0.5, 0.6) is 0 Å². The first-order chi connectivity index (χ1) is 11.2. The van der Waals surface area contributed by atoms with E-state index in [2.05, 4.69) is 10.1 Å². The average Bonchev–Trinajstić information content (AvgIpc) is 3.17. The first-order valence-electron chi connectivity index (χ1n) is 8.11. The van der Waals surface area contributed by atoms with Gasteiger partial charge in [0.25, 0.3) is 0 Å². The molecule has 0 radical (unpaired) electrons. The Bertz CT molecular complexity index is 702. The van der Waals surface area contributed by atoms with E-state index in [0.717, 1.165) is 25.8 Å². The van der Waals surface area contributed by atoms with E-state index in [1.807, 2.05) is 15.6 Å². The largest absolute Gasteiger partial charge is 0.340 e. The molecule has 0 N–H and O–H groups in total. The predicted molar refractivity (Wildman–Crippen MR) is 82.1 cm³/mol. The van der Waals surface area contributed by atoms with Crippen molar-refractivity contribution in [2.24, 2.45) is 5.92 Å². The SMILES string of the molecule is O=C([C@@H]1C[C@H]1c1ccccc1F)N1CCC[C@H](n2cncn2)C1. The summed E-state index contributed by atoms with van der Waals surface area (Å²) < 4.78 is 15.7. The lowest BCUT2D eigenvalue weighted by molar-refractivity contribution is -0.134. The molecule has 23 heavy (non-hydrogen) atoms. The second-order valence-corrected chi connectivity index (χ2v) is 6.43. The number of piperidine rings is 1. The van der Waals surface area contributed by atoms with Crippen LogP contribution in [0.2, 0.25) is 0 Å². The van der Waals surface area contributed by atoms with Gasteiger partial charge in [0.15, 0.2) is 0 Å². The zero-order chi connectivity index (χ0) is 15.8. The molecule has 1 aromatic heterocycles. The molecule has 0 spiro atoms. The zero-order valence-corrected chi connectivity index (χ0v) is 12.8. The average molecular weight is 314 g/mol. The Morgan fingerprint density at radius 3 is 2.96 bits per heavy atom. The van der Waals surface area contributed by atoms with Crippen LogP contribution in [0, 0.1) is 11.7 Å². The van der Waals surface area contributed by atoms with E-state index in [0.29, 0.717) is 12.1 Å². The second kappa shape index (κ2) is 5.76. The highest BCUT2D eigenvalue weighted by atomic mass is 19.1. The van der Waals surface area contributed by atoms with Crippen LogP contribution < -0.4 is 0 Å². The first-order valence-corrected chi connectivity index (χ1v) is 8.11. The van der Waals surface area contributed by atoms with E-state index < -0.39 is 0 Å². The molecule has 2 aliphatic rings. The number of carbonyl (C=O) groups excluding carboxylic acids is 1. The van der Waals surface area contributed by atoms with Crippen LogP contribution in [-0.4, -0.2) is 38.7 Å². The molecular weight excluding hydrogens is 295 g/mol. The number of carbonyl (C=O) groups is 1. The standard InChI is InChI=1S/C17H19FN4O/c18-16-6-2-1-5-13(16)14-8-15(14)17(23)21-7-3-4-12(9-21)22-11-19-10-20-22/h1-2,5-6,10-12,14-15H,3-4,7-9H2/t12-,14-,15+/m0/s1. The molecule has 1 aromatic carbocycles. The molecule has 0 bridgehead atoms. The number of benzene rings is 1. The van der Waals surface area contributed by atoms with Gasteiger partial charge < -0.3 is 4.90 Å². The number of hydrogen-bond donors (Lipinski definition) is 0. The summed E-state index contributed by atoms with van der Waals surface area (Å²) >= 11 is 0. The molecule has 0 unspecified atom stereocenters. The van der Waals surface area contributed by atoms with Crippen LogP contribution in [0.4, 0.5) is 4.39 Å². The molecule has 1 aliphatic heterocycles. The van der Waals surface area contributed by atoms with Crippen LogP contribution in [0.1, 0.15) is 36.8 Å². The van der Waals surface area contributed by atoms with Gasteiger partial charge in [-0.25, -0.2) is 14.1 Å². The van der Waals surface area contributed by atoms with Gasteiger partial charge in [0, 0.05) is 19.0 Å². The number of aromatic nitrogens is 3. The van der Waals surface area contributed by atoms with Gasteiger partial charge in [0.2, 0.25) is 5.91 Å². The van der Waals surface area contributed by atoms with Crippen molar-refractivity contribution >= 4 is 5.91 Å². The smallest absolute Gasteiger partial charge is 0.226 e. The minimum Gasteiger partial charge on any atom is -0.340 e. The Hall–Kier alpha value is -2.24. The van der Waals surface area contributed by atoms with E-state index in [1.54, 1.807) is 18.5 Å². The lowest BCUT2D eigenvalue weighted by Gasteiger charge is -2.32. The number of likely N-dealkylation sites (tertiary alicyclic amines) is 1.